The van der Waals surface area contributed by atoms with E-state index in [0.29, 0.717) is 6.42 Å². The van der Waals surface area contributed by atoms with Gasteiger partial charge in [-0.15, -0.1) is 0 Å². The smallest absolute Gasteiger partial charge is 0.0621 e. The van der Waals surface area contributed by atoms with Crippen molar-refractivity contribution < 1.29 is 0 Å². The molecule has 0 unspecified atom stereocenters. The Balaban J connectivity index is 2.96. The van der Waals surface area contributed by atoms with Gasteiger partial charge in [0.1, 0.15) is 0 Å². The van der Waals surface area contributed by atoms with E-state index in [1.807, 2.05) is 7.05 Å². The van der Waals surface area contributed by atoms with Gasteiger partial charge >= 0.3 is 0 Å². The molecular formula is C9H16N2. The lowest BCUT2D eigenvalue weighted by atomic mass is 10.2. The third-order valence-electron chi connectivity index (χ3n) is 1.40. The fourth-order valence-corrected chi connectivity index (χ4v) is 0.785. The van der Waals surface area contributed by atoms with Gasteiger partial charge in [-0.25, -0.2) is 0 Å². The molecule has 0 amide bonds. The molecule has 0 aliphatic carbocycles. The van der Waals surface area contributed by atoms with Crippen molar-refractivity contribution >= 4 is 0 Å². The molecule has 0 rings (SSSR count). The molecule has 0 aromatic heterocycles. The maximum atomic E-state index is 8.23. The summed E-state index contributed by atoms with van der Waals surface area (Å²) >= 11 is 0. The van der Waals surface area contributed by atoms with Crippen LogP contribution in [0.1, 0.15) is 25.7 Å². The van der Waals surface area contributed by atoms with Crippen molar-refractivity contribution in [2.45, 2.75) is 25.7 Å². The van der Waals surface area contributed by atoms with Gasteiger partial charge in [0.2, 0.25) is 0 Å². The second-order valence-corrected chi connectivity index (χ2v) is 2.43. The first-order chi connectivity index (χ1) is 5.41. The minimum atomic E-state index is 0.694. The summed E-state index contributed by atoms with van der Waals surface area (Å²) in [6.07, 6.45) is 8.23. The predicted molar refractivity (Wildman–Crippen MR) is 47.1 cm³/mol. The average Bonchev–Trinajstić information content (AvgIpc) is 2.03. The van der Waals surface area contributed by atoms with Crippen LogP contribution < -0.4 is 5.32 Å². The Bertz CT molecular complexity index is 133. The number of likely N-dealkylation sites (N-methyl/N-ethyl adjacent to an activating group) is 1. The minimum absolute atomic E-state index is 0.694. The van der Waals surface area contributed by atoms with Crippen molar-refractivity contribution in [2.75, 3.05) is 13.6 Å². The molecular weight excluding hydrogens is 136 g/mol. The Kier molecular flexibility index (Phi) is 8.51. The number of unbranched alkanes of at least 4 members (excludes halogenated alkanes) is 3. The molecule has 2 heteroatoms. The predicted octanol–water partition coefficient (Wildman–Crippen LogP) is 1.85. The highest BCUT2D eigenvalue weighted by atomic mass is 14.8. The van der Waals surface area contributed by atoms with Crippen LogP contribution in [0, 0.1) is 11.3 Å². The standard InChI is InChI=1S/C9H16N2/c1-11-9-7-5-3-2-4-6-8-10/h5,7,11H,2-4,6,9H2,1H3/b7-5+. The molecule has 0 bridgehead atoms. The van der Waals surface area contributed by atoms with Crippen LogP contribution in [-0.2, 0) is 0 Å². The highest BCUT2D eigenvalue weighted by Crippen LogP contribution is 1.98. The highest BCUT2D eigenvalue weighted by Gasteiger charge is 1.83. The number of rotatable bonds is 6. The third-order valence-corrected chi connectivity index (χ3v) is 1.40. The van der Waals surface area contributed by atoms with Gasteiger partial charge in [-0.05, 0) is 26.3 Å². The molecule has 62 valence electrons. The zero-order chi connectivity index (χ0) is 8.36. The van der Waals surface area contributed by atoms with Crippen LogP contribution >= 0.6 is 0 Å². The van der Waals surface area contributed by atoms with Gasteiger partial charge in [0.25, 0.3) is 0 Å². The SMILES string of the molecule is CNC/C=C/CCCCC#N. The van der Waals surface area contributed by atoms with E-state index < -0.39 is 0 Å². The fraction of sp³-hybridized carbons (Fsp3) is 0.667. The molecule has 1 N–H and O–H groups in total. The van der Waals surface area contributed by atoms with Crippen LogP contribution in [0.2, 0.25) is 0 Å². The quantitative estimate of drug-likeness (QED) is 0.465. The summed E-state index contributed by atoms with van der Waals surface area (Å²) in [5.41, 5.74) is 0. The molecule has 0 aromatic rings. The second-order valence-electron chi connectivity index (χ2n) is 2.43. The molecule has 0 aromatic carbocycles. The van der Waals surface area contributed by atoms with Gasteiger partial charge in [-0.2, -0.15) is 5.26 Å². The normalized spacial score (nSPS) is 10.2. The topological polar surface area (TPSA) is 35.8 Å². The van der Waals surface area contributed by atoms with E-state index >= 15 is 0 Å². The molecule has 0 fully saturated rings. The van der Waals surface area contributed by atoms with Crippen LogP contribution in [0.25, 0.3) is 0 Å². The summed E-state index contributed by atoms with van der Waals surface area (Å²) in [5, 5.41) is 11.3. The summed E-state index contributed by atoms with van der Waals surface area (Å²) in [6, 6.07) is 2.13. The van der Waals surface area contributed by atoms with Gasteiger partial charge in [-0.3, -0.25) is 0 Å². The van der Waals surface area contributed by atoms with E-state index in [0.717, 1.165) is 25.8 Å². The molecule has 0 aliphatic heterocycles. The van der Waals surface area contributed by atoms with E-state index in [-0.39, 0.29) is 0 Å². The number of hydrogen-bond acceptors (Lipinski definition) is 2. The molecule has 11 heavy (non-hydrogen) atoms. The molecule has 0 radical (unpaired) electrons. The van der Waals surface area contributed by atoms with E-state index in [4.69, 9.17) is 5.26 Å². The van der Waals surface area contributed by atoms with E-state index in [2.05, 4.69) is 23.5 Å². The van der Waals surface area contributed by atoms with Crippen molar-refractivity contribution in [3.63, 3.8) is 0 Å². The van der Waals surface area contributed by atoms with Crippen molar-refractivity contribution in [2.24, 2.45) is 0 Å². The first kappa shape index (κ1) is 10.2. The molecule has 0 saturated carbocycles. The maximum absolute atomic E-state index is 8.23. The lowest BCUT2D eigenvalue weighted by molar-refractivity contribution is 0.765. The van der Waals surface area contributed by atoms with Crippen LogP contribution in [0.3, 0.4) is 0 Å². The zero-order valence-corrected chi connectivity index (χ0v) is 7.14. The Morgan fingerprint density at radius 1 is 1.36 bits per heavy atom. The molecule has 0 heterocycles. The number of nitrogens with zero attached hydrogens (tertiary/aromatic N) is 1. The van der Waals surface area contributed by atoms with Crippen molar-refractivity contribution in [1.29, 1.82) is 5.26 Å². The Labute approximate surface area is 68.9 Å². The zero-order valence-electron chi connectivity index (χ0n) is 7.14. The maximum Gasteiger partial charge on any atom is 0.0621 e. The van der Waals surface area contributed by atoms with Crippen LogP contribution in [0.4, 0.5) is 0 Å². The summed E-state index contributed by atoms with van der Waals surface area (Å²) < 4.78 is 0. The van der Waals surface area contributed by atoms with Gasteiger partial charge in [0.15, 0.2) is 0 Å². The summed E-state index contributed by atoms with van der Waals surface area (Å²) in [6.45, 7) is 0.943. The summed E-state index contributed by atoms with van der Waals surface area (Å²) in [5.74, 6) is 0. The van der Waals surface area contributed by atoms with E-state index in [9.17, 15) is 0 Å². The van der Waals surface area contributed by atoms with Crippen molar-refractivity contribution in [3.8, 4) is 6.07 Å². The highest BCUT2D eigenvalue weighted by molar-refractivity contribution is 4.83. The lowest BCUT2D eigenvalue weighted by Crippen LogP contribution is -2.03. The average molecular weight is 152 g/mol. The molecule has 2 nitrogen and oxygen atoms in total. The van der Waals surface area contributed by atoms with Gasteiger partial charge in [0, 0.05) is 13.0 Å². The Morgan fingerprint density at radius 3 is 2.82 bits per heavy atom. The van der Waals surface area contributed by atoms with Gasteiger partial charge < -0.3 is 5.32 Å². The first-order valence-electron chi connectivity index (χ1n) is 4.08. The van der Waals surface area contributed by atoms with Crippen LogP contribution in [0.15, 0.2) is 12.2 Å². The number of nitrogens with one attached hydrogen (secondary N) is 1. The van der Waals surface area contributed by atoms with Crippen molar-refractivity contribution in [1.82, 2.24) is 5.32 Å². The van der Waals surface area contributed by atoms with Crippen LogP contribution in [0.5, 0.6) is 0 Å². The molecule has 0 atom stereocenters. The summed E-state index contributed by atoms with van der Waals surface area (Å²) in [7, 11) is 1.93. The number of hydrogen-bond donors (Lipinski definition) is 1. The lowest BCUT2D eigenvalue weighted by Gasteiger charge is -1.90. The largest absolute Gasteiger partial charge is 0.316 e. The monoisotopic (exact) mass is 152 g/mol. The van der Waals surface area contributed by atoms with E-state index in [1.54, 1.807) is 0 Å². The molecule has 0 spiro atoms. The van der Waals surface area contributed by atoms with Gasteiger partial charge in [-0.1, -0.05) is 12.2 Å². The van der Waals surface area contributed by atoms with Crippen molar-refractivity contribution in [3.05, 3.63) is 12.2 Å². The van der Waals surface area contributed by atoms with E-state index in [1.165, 1.54) is 0 Å². The summed E-state index contributed by atoms with van der Waals surface area (Å²) in [4.78, 5) is 0. The molecule has 0 aliphatic rings. The Morgan fingerprint density at radius 2 is 2.18 bits per heavy atom. The van der Waals surface area contributed by atoms with Crippen LogP contribution in [-0.4, -0.2) is 13.6 Å². The van der Waals surface area contributed by atoms with Gasteiger partial charge in [0.05, 0.1) is 6.07 Å². The molecule has 0 saturated heterocycles. The minimum Gasteiger partial charge on any atom is -0.316 e. The fourth-order valence-electron chi connectivity index (χ4n) is 0.785. The number of nitriles is 1. The first-order valence-corrected chi connectivity index (χ1v) is 4.08. The third kappa shape index (κ3) is 9.19. The number of allylic oxidation sites excluding steroid dienone is 1. The second kappa shape index (κ2) is 9.19. The Hall–Kier alpha value is -0.810.